The van der Waals surface area contributed by atoms with Gasteiger partial charge in [0.05, 0.1) is 11.3 Å². The van der Waals surface area contributed by atoms with E-state index in [0.29, 0.717) is 0 Å². The van der Waals surface area contributed by atoms with Gasteiger partial charge >= 0.3 is 6.18 Å². The zero-order chi connectivity index (χ0) is 17.9. The maximum atomic E-state index is 13.2. The first-order chi connectivity index (χ1) is 11.9. The SMILES string of the molecule is O=C(CSc1ccccc1)N(Cc1ccccc1C(F)(F)F)C1CC1. The van der Waals surface area contributed by atoms with Crippen LogP contribution in [0.4, 0.5) is 13.2 Å². The Morgan fingerprint density at radius 3 is 2.32 bits per heavy atom. The van der Waals surface area contributed by atoms with Gasteiger partial charge in [0.25, 0.3) is 0 Å². The van der Waals surface area contributed by atoms with Crippen molar-refractivity contribution in [1.29, 1.82) is 0 Å². The van der Waals surface area contributed by atoms with E-state index >= 15 is 0 Å². The Labute approximate surface area is 149 Å². The third-order valence-corrected chi connectivity index (χ3v) is 5.07. The zero-order valence-electron chi connectivity index (χ0n) is 13.5. The maximum absolute atomic E-state index is 13.2. The van der Waals surface area contributed by atoms with Crippen LogP contribution in [0.2, 0.25) is 0 Å². The van der Waals surface area contributed by atoms with Gasteiger partial charge in [-0.2, -0.15) is 13.2 Å². The van der Waals surface area contributed by atoms with Crippen molar-refractivity contribution in [2.45, 2.75) is 36.5 Å². The van der Waals surface area contributed by atoms with Crippen molar-refractivity contribution in [2.24, 2.45) is 0 Å². The highest BCUT2D eigenvalue weighted by atomic mass is 32.2. The summed E-state index contributed by atoms with van der Waals surface area (Å²) in [5.74, 6) is 0.114. The van der Waals surface area contributed by atoms with Gasteiger partial charge in [0.1, 0.15) is 0 Å². The predicted molar refractivity (Wildman–Crippen MR) is 92.2 cm³/mol. The molecule has 2 aromatic carbocycles. The second kappa shape index (κ2) is 7.52. The topological polar surface area (TPSA) is 20.3 Å². The average molecular weight is 365 g/mol. The van der Waals surface area contributed by atoms with Gasteiger partial charge in [0, 0.05) is 17.5 Å². The quantitative estimate of drug-likeness (QED) is 0.672. The normalized spacial score (nSPS) is 14.4. The Hall–Kier alpha value is -1.95. The van der Waals surface area contributed by atoms with Crippen LogP contribution in [0.15, 0.2) is 59.5 Å². The van der Waals surface area contributed by atoms with E-state index in [-0.39, 0.29) is 29.8 Å². The molecule has 1 saturated carbocycles. The highest BCUT2D eigenvalue weighted by molar-refractivity contribution is 8.00. The van der Waals surface area contributed by atoms with E-state index in [9.17, 15) is 18.0 Å². The Kier molecular flexibility index (Phi) is 5.37. The van der Waals surface area contributed by atoms with Crippen molar-refractivity contribution in [3.8, 4) is 0 Å². The van der Waals surface area contributed by atoms with E-state index in [1.165, 1.54) is 23.9 Å². The molecule has 6 heteroatoms. The smallest absolute Gasteiger partial charge is 0.335 e. The third-order valence-electron chi connectivity index (χ3n) is 4.08. The molecule has 0 unspecified atom stereocenters. The van der Waals surface area contributed by atoms with Crippen LogP contribution >= 0.6 is 11.8 Å². The van der Waals surface area contributed by atoms with Crippen LogP contribution in [-0.4, -0.2) is 22.6 Å². The molecule has 1 amide bonds. The molecule has 2 aromatic rings. The fourth-order valence-corrected chi connectivity index (χ4v) is 3.48. The molecule has 1 fully saturated rings. The molecule has 0 saturated heterocycles. The fourth-order valence-electron chi connectivity index (χ4n) is 2.67. The Bertz CT molecular complexity index is 729. The van der Waals surface area contributed by atoms with Crippen molar-refractivity contribution in [3.63, 3.8) is 0 Å². The highest BCUT2D eigenvalue weighted by Crippen LogP contribution is 2.35. The largest absolute Gasteiger partial charge is 0.416 e. The second-order valence-electron chi connectivity index (χ2n) is 6.01. The summed E-state index contributed by atoms with van der Waals surface area (Å²) >= 11 is 1.41. The Morgan fingerprint density at radius 1 is 1.04 bits per heavy atom. The van der Waals surface area contributed by atoms with E-state index in [1.54, 1.807) is 11.0 Å². The summed E-state index contributed by atoms with van der Waals surface area (Å²) in [6.45, 7) is 0.00847. The van der Waals surface area contributed by atoms with Crippen molar-refractivity contribution in [1.82, 2.24) is 4.90 Å². The lowest BCUT2D eigenvalue weighted by atomic mass is 10.1. The summed E-state index contributed by atoms with van der Waals surface area (Å²) in [5.41, 5.74) is -0.510. The molecular formula is C19H18F3NOS. The summed E-state index contributed by atoms with van der Waals surface area (Å²) in [6.07, 6.45) is -2.69. The lowest BCUT2D eigenvalue weighted by Gasteiger charge is -2.24. The van der Waals surface area contributed by atoms with E-state index in [0.717, 1.165) is 23.8 Å². The molecule has 2 nitrogen and oxygen atoms in total. The van der Waals surface area contributed by atoms with Gasteiger partial charge in [0.2, 0.25) is 5.91 Å². The van der Waals surface area contributed by atoms with Gasteiger partial charge in [0.15, 0.2) is 0 Å². The molecule has 0 radical (unpaired) electrons. The molecule has 0 aliphatic heterocycles. The zero-order valence-corrected chi connectivity index (χ0v) is 14.3. The number of thioether (sulfide) groups is 1. The standard InChI is InChI=1S/C19H18F3NOS/c20-19(21,22)17-9-5-4-6-14(17)12-23(15-10-11-15)18(24)13-25-16-7-2-1-3-8-16/h1-9,15H,10-13H2. The van der Waals surface area contributed by atoms with E-state index in [2.05, 4.69) is 0 Å². The molecule has 0 heterocycles. The minimum Gasteiger partial charge on any atom is -0.335 e. The van der Waals surface area contributed by atoms with E-state index in [4.69, 9.17) is 0 Å². The number of halogens is 3. The lowest BCUT2D eigenvalue weighted by Crippen LogP contribution is -2.34. The van der Waals surface area contributed by atoms with Crippen LogP contribution in [0.3, 0.4) is 0 Å². The van der Waals surface area contributed by atoms with Crippen molar-refractivity contribution in [2.75, 3.05) is 5.75 Å². The number of alkyl halides is 3. The molecule has 0 N–H and O–H groups in total. The van der Waals surface area contributed by atoms with Crippen LogP contribution in [-0.2, 0) is 17.5 Å². The summed E-state index contributed by atoms with van der Waals surface area (Å²) in [7, 11) is 0. The molecule has 1 aliphatic rings. The van der Waals surface area contributed by atoms with Crippen LogP contribution in [0.1, 0.15) is 24.0 Å². The van der Waals surface area contributed by atoms with Crippen LogP contribution in [0.5, 0.6) is 0 Å². The highest BCUT2D eigenvalue weighted by Gasteiger charge is 2.36. The van der Waals surface area contributed by atoms with E-state index < -0.39 is 11.7 Å². The number of benzene rings is 2. The van der Waals surface area contributed by atoms with Gasteiger partial charge in [-0.15, -0.1) is 11.8 Å². The summed E-state index contributed by atoms with van der Waals surface area (Å²) in [6, 6.07) is 15.1. The lowest BCUT2D eigenvalue weighted by molar-refractivity contribution is -0.139. The summed E-state index contributed by atoms with van der Waals surface area (Å²) in [4.78, 5) is 15.2. The average Bonchev–Trinajstić information content (AvgIpc) is 3.43. The van der Waals surface area contributed by atoms with Crippen molar-refractivity contribution >= 4 is 17.7 Å². The monoisotopic (exact) mass is 365 g/mol. The first kappa shape index (κ1) is 17.9. The van der Waals surface area contributed by atoms with Crippen LogP contribution in [0, 0.1) is 0 Å². The molecule has 1 aliphatic carbocycles. The molecule has 3 rings (SSSR count). The number of nitrogens with zero attached hydrogens (tertiary/aromatic N) is 1. The van der Waals surface area contributed by atoms with Crippen LogP contribution < -0.4 is 0 Å². The number of carbonyl (C=O) groups is 1. The summed E-state index contributed by atoms with van der Waals surface area (Å²) in [5, 5.41) is 0. The Balaban J connectivity index is 1.71. The molecule has 0 aromatic heterocycles. The molecular weight excluding hydrogens is 347 g/mol. The number of hydrogen-bond donors (Lipinski definition) is 0. The number of carbonyl (C=O) groups excluding carboxylic acids is 1. The number of hydrogen-bond acceptors (Lipinski definition) is 2. The predicted octanol–water partition coefficient (Wildman–Crippen LogP) is 4.99. The van der Waals surface area contributed by atoms with Gasteiger partial charge in [-0.3, -0.25) is 4.79 Å². The molecule has 132 valence electrons. The van der Waals surface area contributed by atoms with Crippen molar-refractivity contribution in [3.05, 3.63) is 65.7 Å². The minimum atomic E-state index is -4.41. The van der Waals surface area contributed by atoms with Gasteiger partial charge in [-0.25, -0.2) is 0 Å². The second-order valence-corrected chi connectivity index (χ2v) is 7.06. The maximum Gasteiger partial charge on any atom is 0.416 e. The van der Waals surface area contributed by atoms with Gasteiger partial charge in [-0.05, 0) is 36.6 Å². The first-order valence-corrected chi connectivity index (χ1v) is 9.06. The minimum absolute atomic E-state index is 0.00847. The van der Waals surface area contributed by atoms with Crippen molar-refractivity contribution < 1.29 is 18.0 Å². The molecule has 0 atom stereocenters. The first-order valence-electron chi connectivity index (χ1n) is 8.07. The molecule has 0 spiro atoms. The molecule has 0 bridgehead atoms. The number of rotatable bonds is 6. The van der Waals surface area contributed by atoms with Crippen LogP contribution in [0.25, 0.3) is 0 Å². The van der Waals surface area contributed by atoms with Gasteiger partial charge in [-0.1, -0.05) is 36.4 Å². The Morgan fingerprint density at radius 2 is 1.68 bits per heavy atom. The summed E-state index contributed by atoms with van der Waals surface area (Å²) < 4.78 is 39.5. The van der Waals surface area contributed by atoms with E-state index in [1.807, 2.05) is 30.3 Å². The molecule has 25 heavy (non-hydrogen) atoms. The number of amides is 1. The van der Waals surface area contributed by atoms with Gasteiger partial charge < -0.3 is 4.90 Å². The fraction of sp³-hybridized carbons (Fsp3) is 0.316. The third kappa shape index (κ3) is 4.78.